The minimum atomic E-state index is -0.254. The molecule has 6 heteroatoms. The van der Waals surface area contributed by atoms with Gasteiger partial charge in [-0.25, -0.2) is 4.79 Å². The molecule has 1 aliphatic heterocycles. The third-order valence-corrected chi connectivity index (χ3v) is 5.53. The van der Waals surface area contributed by atoms with E-state index in [-0.39, 0.29) is 17.9 Å². The molecule has 4 rings (SSSR count). The van der Waals surface area contributed by atoms with Crippen molar-refractivity contribution in [2.75, 3.05) is 30.4 Å². The maximum absolute atomic E-state index is 12.6. The van der Waals surface area contributed by atoms with Crippen LogP contribution in [0.25, 0.3) is 0 Å². The Morgan fingerprint density at radius 2 is 2.00 bits per heavy atom. The van der Waals surface area contributed by atoms with Gasteiger partial charge in [0.05, 0.1) is 7.11 Å². The molecule has 1 fully saturated rings. The van der Waals surface area contributed by atoms with Crippen LogP contribution in [0.5, 0.6) is 5.75 Å². The van der Waals surface area contributed by atoms with Crippen molar-refractivity contribution in [3.05, 3.63) is 53.6 Å². The summed E-state index contributed by atoms with van der Waals surface area (Å²) in [5.74, 6) is 1.24. The molecule has 1 aliphatic carbocycles. The normalized spacial score (nSPS) is 15.4. The van der Waals surface area contributed by atoms with Crippen molar-refractivity contribution in [2.24, 2.45) is 5.92 Å². The zero-order valence-electron chi connectivity index (χ0n) is 16.7. The zero-order valence-corrected chi connectivity index (χ0v) is 16.7. The van der Waals surface area contributed by atoms with Crippen LogP contribution in [0, 0.1) is 5.92 Å². The van der Waals surface area contributed by atoms with Gasteiger partial charge in [-0.2, -0.15) is 0 Å². The summed E-state index contributed by atoms with van der Waals surface area (Å²) in [6.07, 6.45) is 4.64. The summed E-state index contributed by atoms with van der Waals surface area (Å²) in [5.41, 5.74) is 3.87. The van der Waals surface area contributed by atoms with Gasteiger partial charge in [0.1, 0.15) is 5.75 Å². The van der Waals surface area contributed by atoms with Gasteiger partial charge in [0.2, 0.25) is 5.91 Å². The molecule has 0 atom stereocenters. The summed E-state index contributed by atoms with van der Waals surface area (Å²) in [5, 5.41) is 5.78. The molecule has 1 heterocycles. The van der Waals surface area contributed by atoms with Crippen molar-refractivity contribution in [1.29, 1.82) is 0 Å². The summed E-state index contributed by atoms with van der Waals surface area (Å²) < 4.78 is 5.34. The molecule has 2 aromatic rings. The van der Waals surface area contributed by atoms with Gasteiger partial charge < -0.3 is 20.3 Å². The minimum absolute atomic E-state index is 0.191. The Hall–Kier alpha value is -3.02. The number of anilines is 2. The lowest BCUT2D eigenvalue weighted by Gasteiger charge is -2.30. The van der Waals surface area contributed by atoms with Crippen molar-refractivity contribution in [3.63, 3.8) is 0 Å². The predicted molar refractivity (Wildman–Crippen MR) is 114 cm³/mol. The first kappa shape index (κ1) is 19.3. The molecule has 0 radical (unpaired) electrons. The largest absolute Gasteiger partial charge is 0.496 e. The summed E-state index contributed by atoms with van der Waals surface area (Å²) in [6.45, 7) is 1.26. The van der Waals surface area contributed by atoms with Gasteiger partial charge in [-0.3, -0.25) is 4.79 Å². The maximum Gasteiger partial charge on any atom is 0.319 e. The van der Waals surface area contributed by atoms with Crippen molar-refractivity contribution < 1.29 is 14.3 Å². The van der Waals surface area contributed by atoms with Crippen molar-refractivity contribution in [2.45, 2.75) is 32.1 Å². The number of carbonyl (C=O) groups excluding carboxylic acids is 2. The van der Waals surface area contributed by atoms with Gasteiger partial charge in [-0.15, -0.1) is 0 Å². The number of amides is 3. The molecule has 0 bridgehead atoms. The van der Waals surface area contributed by atoms with Gasteiger partial charge in [0.25, 0.3) is 0 Å². The number of fused-ring (bicyclic) bond motifs is 1. The monoisotopic (exact) mass is 393 g/mol. The fourth-order valence-electron chi connectivity index (χ4n) is 3.83. The zero-order chi connectivity index (χ0) is 20.2. The highest BCUT2D eigenvalue weighted by molar-refractivity contribution is 5.98. The molecule has 0 unspecified atom stereocenters. The van der Waals surface area contributed by atoms with E-state index in [4.69, 9.17) is 4.74 Å². The average Bonchev–Trinajstić information content (AvgIpc) is 3.58. The second-order valence-electron chi connectivity index (χ2n) is 7.65. The number of nitrogens with zero attached hydrogens (tertiary/aromatic N) is 1. The van der Waals surface area contributed by atoms with E-state index >= 15 is 0 Å². The first-order valence-electron chi connectivity index (χ1n) is 10.3. The smallest absolute Gasteiger partial charge is 0.319 e. The van der Waals surface area contributed by atoms with Gasteiger partial charge in [0.15, 0.2) is 0 Å². The molecule has 0 saturated heterocycles. The fraction of sp³-hybridized carbons (Fsp3) is 0.391. The Morgan fingerprint density at radius 3 is 2.79 bits per heavy atom. The maximum atomic E-state index is 12.6. The number of rotatable bonds is 6. The van der Waals surface area contributed by atoms with E-state index < -0.39 is 0 Å². The number of hydrogen-bond donors (Lipinski definition) is 2. The lowest BCUT2D eigenvalue weighted by atomic mass is 10.0. The number of ether oxygens (including phenoxy) is 1. The van der Waals surface area contributed by atoms with E-state index in [1.54, 1.807) is 7.11 Å². The SMILES string of the molecule is COc1ccccc1CCNC(=O)Nc1ccc2c(c1)N(C(=O)C1CC1)CCC2. The van der Waals surface area contributed by atoms with E-state index in [1.165, 1.54) is 5.56 Å². The number of benzene rings is 2. The van der Waals surface area contributed by atoms with Gasteiger partial charge in [0, 0.05) is 30.4 Å². The topological polar surface area (TPSA) is 70.7 Å². The molecule has 3 amide bonds. The third-order valence-electron chi connectivity index (χ3n) is 5.53. The van der Waals surface area contributed by atoms with Crippen molar-refractivity contribution in [3.8, 4) is 5.75 Å². The lowest BCUT2D eigenvalue weighted by molar-refractivity contribution is -0.119. The molecule has 2 aromatic carbocycles. The molecule has 0 aromatic heterocycles. The third kappa shape index (κ3) is 4.53. The molecule has 2 N–H and O–H groups in total. The molecule has 6 nitrogen and oxygen atoms in total. The van der Waals surface area contributed by atoms with Gasteiger partial charge in [-0.05, 0) is 61.4 Å². The molecule has 29 heavy (non-hydrogen) atoms. The van der Waals surface area contributed by atoms with E-state index in [9.17, 15) is 9.59 Å². The van der Waals surface area contributed by atoms with Crippen LogP contribution < -0.4 is 20.3 Å². The Labute approximate surface area is 171 Å². The van der Waals surface area contributed by atoms with Crippen LogP contribution in [0.3, 0.4) is 0 Å². The Kier molecular flexibility index (Phi) is 5.69. The highest BCUT2D eigenvalue weighted by Gasteiger charge is 2.35. The highest BCUT2D eigenvalue weighted by atomic mass is 16.5. The number of methoxy groups -OCH3 is 1. The molecular formula is C23H27N3O3. The molecule has 0 spiro atoms. The summed E-state index contributed by atoms with van der Waals surface area (Å²) in [6, 6.07) is 13.4. The van der Waals surface area contributed by atoms with Gasteiger partial charge >= 0.3 is 6.03 Å². The predicted octanol–water partition coefficient (Wildman–Crippen LogP) is 3.75. The minimum Gasteiger partial charge on any atom is -0.496 e. The van der Waals surface area contributed by atoms with Crippen LogP contribution in [0.1, 0.15) is 30.4 Å². The molecule has 1 saturated carbocycles. The van der Waals surface area contributed by atoms with Crippen LogP contribution in [0.15, 0.2) is 42.5 Å². The second kappa shape index (κ2) is 8.55. The van der Waals surface area contributed by atoms with Crippen LogP contribution in [-0.4, -0.2) is 32.1 Å². The Bertz CT molecular complexity index is 908. The Balaban J connectivity index is 1.36. The summed E-state index contributed by atoms with van der Waals surface area (Å²) in [4.78, 5) is 26.8. The number of nitrogens with one attached hydrogen (secondary N) is 2. The van der Waals surface area contributed by atoms with Crippen molar-refractivity contribution in [1.82, 2.24) is 5.32 Å². The Morgan fingerprint density at radius 1 is 1.17 bits per heavy atom. The number of para-hydroxylation sites is 1. The number of urea groups is 1. The standard InChI is InChI=1S/C23H27N3O3/c1-29-21-7-3-2-5-17(21)12-13-24-23(28)25-19-11-10-16-6-4-14-26(20(16)15-19)22(27)18-8-9-18/h2-3,5,7,10-11,15,18H,4,6,8-9,12-14H2,1H3,(H2,24,25,28). The van der Waals surface area contributed by atoms with Crippen LogP contribution in [-0.2, 0) is 17.6 Å². The quantitative estimate of drug-likeness (QED) is 0.785. The molecule has 2 aliphatic rings. The van der Waals surface area contributed by atoms with E-state index in [1.807, 2.05) is 47.4 Å². The van der Waals surface area contributed by atoms with E-state index in [2.05, 4.69) is 10.6 Å². The highest BCUT2D eigenvalue weighted by Crippen LogP contribution is 2.36. The fourth-order valence-corrected chi connectivity index (χ4v) is 3.83. The van der Waals surface area contributed by atoms with Crippen LogP contribution >= 0.6 is 0 Å². The van der Waals surface area contributed by atoms with Crippen LogP contribution in [0.2, 0.25) is 0 Å². The molecular weight excluding hydrogens is 366 g/mol. The first-order valence-corrected chi connectivity index (χ1v) is 10.3. The summed E-state index contributed by atoms with van der Waals surface area (Å²) >= 11 is 0. The molecule has 152 valence electrons. The lowest BCUT2D eigenvalue weighted by Crippen LogP contribution is -2.36. The first-order chi connectivity index (χ1) is 14.2. The van der Waals surface area contributed by atoms with E-state index in [0.29, 0.717) is 18.7 Å². The second-order valence-corrected chi connectivity index (χ2v) is 7.65. The number of aryl methyl sites for hydroxylation is 1. The van der Waals surface area contributed by atoms with Crippen molar-refractivity contribution >= 4 is 23.3 Å². The summed E-state index contributed by atoms with van der Waals surface area (Å²) in [7, 11) is 1.65. The van der Waals surface area contributed by atoms with E-state index in [0.717, 1.165) is 49.2 Å². The van der Waals surface area contributed by atoms with Crippen LogP contribution in [0.4, 0.5) is 16.2 Å². The average molecular weight is 393 g/mol. The number of carbonyl (C=O) groups is 2. The van der Waals surface area contributed by atoms with Gasteiger partial charge in [-0.1, -0.05) is 24.3 Å². The number of hydrogen-bond acceptors (Lipinski definition) is 3.